The van der Waals surface area contributed by atoms with Crippen molar-refractivity contribution in [1.29, 1.82) is 0 Å². The molecule has 1 atom stereocenters. The fraction of sp³-hybridized carbons (Fsp3) is 0.467. The van der Waals surface area contributed by atoms with Crippen molar-refractivity contribution in [2.45, 2.75) is 18.9 Å². The normalized spacial score (nSPS) is 14.0. The van der Waals surface area contributed by atoms with E-state index in [4.69, 9.17) is 4.74 Å². The second-order valence-corrected chi connectivity index (χ2v) is 6.18. The highest BCUT2D eigenvalue weighted by atomic mass is 16.6. The highest BCUT2D eigenvalue weighted by molar-refractivity contribution is 5.95. The van der Waals surface area contributed by atoms with E-state index in [1.807, 2.05) is 0 Å². The lowest BCUT2D eigenvalue weighted by molar-refractivity contribution is -0.875. The van der Waals surface area contributed by atoms with Crippen molar-refractivity contribution in [3.63, 3.8) is 0 Å². The summed E-state index contributed by atoms with van der Waals surface area (Å²) in [5, 5.41) is 11.0. The van der Waals surface area contributed by atoms with Crippen LogP contribution >= 0.6 is 0 Å². The summed E-state index contributed by atoms with van der Waals surface area (Å²) < 4.78 is 5.55. The lowest BCUT2D eigenvalue weighted by atomic mass is 9.93. The lowest BCUT2D eigenvalue weighted by Gasteiger charge is -2.37. The molecule has 22 heavy (non-hydrogen) atoms. The zero-order chi connectivity index (χ0) is 17.0. The number of aromatic nitrogens is 1. The third-order valence-corrected chi connectivity index (χ3v) is 2.99. The molecule has 0 unspecified atom stereocenters. The summed E-state index contributed by atoms with van der Waals surface area (Å²) in [7, 11) is 5.31. The van der Waals surface area contributed by atoms with Crippen LogP contribution in [-0.2, 0) is 14.3 Å². The van der Waals surface area contributed by atoms with Gasteiger partial charge in [0.05, 0.1) is 26.7 Å². The molecule has 1 heterocycles. The molecule has 0 saturated carbocycles. The van der Waals surface area contributed by atoms with Gasteiger partial charge in [0.15, 0.2) is 5.78 Å². The Balaban J connectivity index is 3.15. The Bertz CT molecular complexity index is 565. The second kappa shape index (κ2) is 6.65. The number of esters is 1. The molecule has 120 valence electrons. The minimum Gasteiger partial charge on any atom is -0.550 e. The van der Waals surface area contributed by atoms with Gasteiger partial charge in [-0.05, 0) is 19.1 Å². The van der Waals surface area contributed by atoms with Gasteiger partial charge in [0.2, 0.25) is 5.60 Å². The number of ether oxygens (including phenoxy) is 1. The average molecular weight is 308 g/mol. The predicted molar refractivity (Wildman–Crippen MR) is 75.6 cm³/mol. The number of pyridine rings is 1. The van der Waals surface area contributed by atoms with Crippen LogP contribution in [0.1, 0.15) is 23.7 Å². The molecule has 1 aromatic heterocycles. The zero-order valence-electron chi connectivity index (χ0n) is 13.2. The lowest BCUT2D eigenvalue weighted by Crippen LogP contribution is -2.57. The minimum atomic E-state index is -1.77. The van der Waals surface area contributed by atoms with E-state index in [1.165, 1.54) is 25.4 Å². The van der Waals surface area contributed by atoms with Gasteiger partial charge in [-0.2, -0.15) is 0 Å². The number of hydrogen-bond acceptors (Lipinski definition) is 6. The van der Waals surface area contributed by atoms with Gasteiger partial charge in [-0.15, -0.1) is 0 Å². The van der Waals surface area contributed by atoms with E-state index in [2.05, 4.69) is 4.98 Å². The van der Waals surface area contributed by atoms with Crippen LogP contribution in [0, 0.1) is 0 Å². The first-order valence-electron chi connectivity index (χ1n) is 6.70. The number of carboxylic acids is 1. The molecule has 0 aliphatic heterocycles. The van der Waals surface area contributed by atoms with Crippen molar-refractivity contribution in [3.05, 3.63) is 30.1 Å². The maximum atomic E-state index is 12.2. The van der Waals surface area contributed by atoms with Crippen LogP contribution < -0.4 is 5.11 Å². The third-order valence-electron chi connectivity index (χ3n) is 2.99. The summed E-state index contributed by atoms with van der Waals surface area (Å²) in [6.45, 7) is 1.22. The third kappa shape index (κ3) is 4.92. The van der Waals surface area contributed by atoms with Crippen LogP contribution in [0.15, 0.2) is 24.5 Å². The molecule has 0 radical (unpaired) electrons. The molecular weight excluding hydrogens is 288 g/mol. The quantitative estimate of drug-likeness (QED) is 0.493. The number of rotatable bonds is 7. The summed E-state index contributed by atoms with van der Waals surface area (Å²) in [6.07, 6.45) is 2.09. The van der Waals surface area contributed by atoms with Crippen molar-refractivity contribution < 1.29 is 28.7 Å². The molecule has 0 aromatic carbocycles. The monoisotopic (exact) mass is 308 g/mol. The van der Waals surface area contributed by atoms with E-state index >= 15 is 0 Å². The Kier molecular flexibility index (Phi) is 5.38. The van der Waals surface area contributed by atoms with Gasteiger partial charge in [0.1, 0.15) is 6.54 Å². The molecular formula is C15H20N2O5. The van der Waals surface area contributed by atoms with Gasteiger partial charge in [-0.3, -0.25) is 9.78 Å². The number of carboxylic acid groups (broad SMARTS) is 1. The summed E-state index contributed by atoms with van der Waals surface area (Å²) in [6, 6.07) is 3.02. The Morgan fingerprint density at radius 1 is 1.32 bits per heavy atom. The number of Topliss-reactive ketones (excluding diaryl/α,β-unsaturated/α-hetero) is 1. The van der Waals surface area contributed by atoms with Gasteiger partial charge in [0.25, 0.3) is 0 Å². The first-order chi connectivity index (χ1) is 10.1. The van der Waals surface area contributed by atoms with Crippen LogP contribution in [0.3, 0.4) is 0 Å². The summed E-state index contributed by atoms with van der Waals surface area (Å²) in [4.78, 5) is 39.1. The second-order valence-electron chi connectivity index (χ2n) is 6.18. The number of likely N-dealkylation sites (N-methyl/N-ethyl adjacent to an activating group) is 1. The molecule has 0 fully saturated rings. The molecule has 0 spiro atoms. The highest BCUT2D eigenvalue weighted by Gasteiger charge is 2.45. The van der Waals surface area contributed by atoms with Gasteiger partial charge in [-0.1, -0.05) is 0 Å². The Hall–Kier alpha value is -2.28. The molecule has 7 heteroatoms. The van der Waals surface area contributed by atoms with Crippen LogP contribution in [-0.4, -0.2) is 60.5 Å². The van der Waals surface area contributed by atoms with E-state index in [1.54, 1.807) is 27.2 Å². The molecule has 0 saturated heterocycles. The van der Waals surface area contributed by atoms with Crippen molar-refractivity contribution >= 4 is 17.7 Å². The fourth-order valence-corrected chi connectivity index (χ4v) is 2.15. The fourth-order valence-electron chi connectivity index (χ4n) is 2.15. The summed E-state index contributed by atoms with van der Waals surface area (Å²) in [5.41, 5.74) is -1.63. The van der Waals surface area contributed by atoms with Gasteiger partial charge >= 0.3 is 5.97 Å². The predicted octanol–water partition coefficient (Wildman–Crippen LogP) is -0.588. The number of hydrogen-bond donors (Lipinski definition) is 0. The van der Waals surface area contributed by atoms with Gasteiger partial charge < -0.3 is 19.1 Å². The van der Waals surface area contributed by atoms with Crippen molar-refractivity contribution in [3.8, 4) is 0 Å². The van der Waals surface area contributed by atoms with E-state index < -0.39 is 29.7 Å². The van der Waals surface area contributed by atoms with Crippen LogP contribution in [0.2, 0.25) is 0 Å². The van der Waals surface area contributed by atoms with Gasteiger partial charge in [-0.25, -0.2) is 4.79 Å². The smallest absolute Gasteiger partial charge is 0.340 e. The molecule has 1 aromatic rings. The molecule has 0 bridgehead atoms. The number of carbonyl (C=O) groups is 3. The Morgan fingerprint density at radius 2 is 1.95 bits per heavy atom. The van der Waals surface area contributed by atoms with Crippen molar-refractivity contribution in [1.82, 2.24) is 4.98 Å². The number of nitrogens with zero attached hydrogens (tertiary/aromatic N) is 2. The number of carbonyl (C=O) groups excluding carboxylic acids is 3. The maximum absolute atomic E-state index is 12.2. The van der Waals surface area contributed by atoms with E-state index in [0.29, 0.717) is 0 Å². The van der Waals surface area contributed by atoms with Gasteiger partial charge in [0, 0.05) is 24.8 Å². The van der Waals surface area contributed by atoms with E-state index in [-0.39, 0.29) is 16.6 Å². The van der Waals surface area contributed by atoms with E-state index in [0.717, 1.165) is 0 Å². The number of quaternary nitrogens is 1. The Morgan fingerprint density at radius 3 is 2.36 bits per heavy atom. The Labute approximate surface area is 129 Å². The number of ketones is 1. The summed E-state index contributed by atoms with van der Waals surface area (Å²) in [5.74, 6) is -2.79. The summed E-state index contributed by atoms with van der Waals surface area (Å²) >= 11 is 0. The first kappa shape index (κ1) is 17.8. The molecule has 7 nitrogen and oxygen atoms in total. The molecule has 0 aliphatic rings. The zero-order valence-corrected chi connectivity index (χ0v) is 13.2. The van der Waals surface area contributed by atoms with Crippen molar-refractivity contribution in [2.75, 3.05) is 27.7 Å². The van der Waals surface area contributed by atoms with Crippen LogP contribution in [0.5, 0.6) is 0 Å². The maximum Gasteiger partial charge on any atom is 0.340 e. The standard InChI is InChI=1S/C15H20N2O5/c1-11(18)15(8-13(19)20,10-17(2,3)4)22-14(21)12-6-5-7-16-9-12/h5-7,9H,8,10H2,1-4H3/t15-/m1/s1. The molecule has 0 amide bonds. The highest BCUT2D eigenvalue weighted by Crippen LogP contribution is 2.23. The molecule has 0 N–H and O–H groups in total. The topological polar surface area (TPSA) is 96.4 Å². The van der Waals surface area contributed by atoms with Crippen LogP contribution in [0.4, 0.5) is 0 Å². The minimum absolute atomic E-state index is 0.0162. The SMILES string of the molecule is CC(=O)[C@@](CC(=O)[O-])(C[N+](C)(C)C)OC(=O)c1cccnc1. The number of aliphatic carboxylic acids is 1. The van der Waals surface area contributed by atoms with Crippen molar-refractivity contribution in [2.24, 2.45) is 0 Å². The van der Waals surface area contributed by atoms with E-state index in [9.17, 15) is 19.5 Å². The first-order valence-corrected chi connectivity index (χ1v) is 6.70. The molecule has 0 aliphatic carbocycles. The largest absolute Gasteiger partial charge is 0.550 e. The molecule has 1 rings (SSSR count). The van der Waals surface area contributed by atoms with Crippen LogP contribution in [0.25, 0.3) is 0 Å². The average Bonchev–Trinajstić information content (AvgIpc) is 2.36.